The standard InChI is InChI=1S/C11H19FN6/c12-9-8-15-11(17-13)16-10(9)14-4-7-18-5-2-1-3-6-18/h8H,1-7,13H2,(H2,14,15,16,17). The highest BCUT2D eigenvalue weighted by Crippen LogP contribution is 2.11. The molecule has 2 rings (SSSR count). The van der Waals surface area contributed by atoms with E-state index in [2.05, 4.69) is 25.6 Å². The highest BCUT2D eigenvalue weighted by molar-refractivity contribution is 5.40. The van der Waals surface area contributed by atoms with Crippen molar-refractivity contribution in [1.82, 2.24) is 14.9 Å². The third-order valence-corrected chi connectivity index (χ3v) is 3.04. The van der Waals surface area contributed by atoms with Crippen LogP contribution in [0.3, 0.4) is 0 Å². The van der Waals surface area contributed by atoms with Crippen molar-refractivity contribution in [3.63, 3.8) is 0 Å². The lowest BCUT2D eigenvalue weighted by atomic mass is 10.1. The fourth-order valence-corrected chi connectivity index (χ4v) is 2.08. The lowest BCUT2D eigenvalue weighted by molar-refractivity contribution is 0.237. The molecule has 2 heterocycles. The number of nitrogens with two attached hydrogens (primary N) is 1. The van der Waals surface area contributed by atoms with Gasteiger partial charge < -0.3 is 10.2 Å². The third kappa shape index (κ3) is 3.51. The molecular formula is C11H19FN6. The van der Waals surface area contributed by atoms with Gasteiger partial charge in [0.2, 0.25) is 5.95 Å². The molecule has 1 fully saturated rings. The summed E-state index contributed by atoms with van der Waals surface area (Å²) in [4.78, 5) is 9.98. The van der Waals surface area contributed by atoms with Gasteiger partial charge in [-0.25, -0.2) is 15.2 Å². The second kappa shape index (κ2) is 6.46. The lowest BCUT2D eigenvalue weighted by Gasteiger charge is -2.26. The number of nitrogens with one attached hydrogen (secondary N) is 2. The summed E-state index contributed by atoms with van der Waals surface area (Å²) in [5.74, 6) is 5.11. The molecule has 1 aliphatic heterocycles. The normalized spacial score (nSPS) is 16.6. The van der Waals surface area contributed by atoms with E-state index in [1.807, 2.05) is 0 Å². The Balaban J connectivity index is 1.81. The summed E-state index contributed by atoms with van der Waals surface area (Å²) in [5.41, 5.74) is 2.30. The predicted molar refractivity (Wildman–Crippen MR) is 68.6 cm³/mol. The Morgan fingerprint density at radius 3 is 2.83 bits per heavy atom. The van der Waals surface area contributed by atoms with Crippen molar-refractivity contribution in [2.24, 2.45) is 5.84 Å². The van der Waals surface area contributed by atoms with Gasteiger partial charge >= 0.3 is 0 Å². The highest BCUT2D eigenvalue weighted by atomic mass is 19.1. The number of nitrogen functional groups attached to an aromatic ring is 1. The first-order chi connectivity index (χ1) is 8.79. The van der Waals surface area contributed by atoms with Crippen LogP contribution in [-0.4, -0.2) is 41.0 Å². The van der Waals surface area contributed by atoms with E-state index in [0.717, 1.165) is 25.8 Å². The number of hydrogen-bond donors (Lipinski definition) is 3. The van der Waals surface area contributed by atoms with Gasteiger partial charge in [-0.05, 0) is 25.9 Å². The molecule has 1 aliphatic rings. The van der Waals surface area contributed by atoms with Gasteiger partial charge in [0.15, 0.2) is 11.6 Å². The Hall–Kier alpha value is -1.47. The largest absolute Gasteiger partial charge is 0.366 e. The number of hydrogen-bond acceptors (Lipinski definition) is 6. The predicted octanol–water partition coefficient (Wildman–Crippen LogP) is 0.799. The maximum Gasteiger partial charge on any atom is 0.239 e. The van der Waals surface area contributed by atoms with Gasteiger partial charge in [-0.3, -0.25) is 5.43 Å². The molecule has 0 atom stereocenters. The number of piperidine rings is 1. The number of aromatic nitrogens is 2. The van der Waals surface area contributed by atoms with Crippen LogP contribution < -0.4 is 16.6 Å². The van der Waals surface area contributed by atoms with E-state index in [4.69, 9.17) is 5.84 Å². The van der Waals surface area contributed by atoms with Crippen molar-refractivity contribution in [2.75, 3.05) is 36.9 Å². The molecule has 0 saturated carbocycles. The van der Waals surface area contributed by atoms with E-state index < -0.39 is 5.82 Å². The lowest BCUT2D eigenvalue weighted by Crippen LogP contribution is -2.34. The van der Waals surface area contributed by atoms with Crippen LogP contribution in [0.1, 0.15) is 19.3 Å². The fraction of sp³-hybridized carbons (Fsp3) is 0.636. The molecule has 18 heavy (non-hydrogen) atoms. The van der Waals surface area contributed by atoms with Gasteiger partial charge in [-0.2, -0.15) is 4.98 Å². The Morgan fingerprint density at radius 2 is 2.11 bits per heavy atom. The molecule has 0 bridgehead atoms. The molecule has 4 N–H and O–H groups in total. The van der Waals surface area contributed by atoms with Crippen LogP contribution in [0, 0.1) is 5.82 Å². The van der Waals surface area contributed by atoms with E-state index >= 15 is 0 Å². The van der Waals surface area contributed by atoms with Gasteiger partial charge in [0.1, 0.15) is 0 Å². The van der Waals surface area contributed by atoms with Gasteiger partial charge in [-0.15, -0.1) is 0 Å². The van der Waals surface area contributed by atoms with Crippen LogP contribution in [0.5, 0.6) is 0 Å². The maximum absolute atomic E-state index is 13.4. The second-order valence-corrected chi connectivity index (χ2v) is 4.36. The SMILES string of the molecule is NNc1ncc(F)c(NCCN2CCCCC2)n1. The zero-order chi connectivity index (χ0) is 12.8. The van der Waals surface area contributed by atoms with Gasteiger partial charge in [0.05, 0.1) is 6.20 Å². The number of likely N-dealkylation sites (tertiary alicyclic amines) is 1. The van der Waals surface area contributed by atoms with Crippen LogP contribution in [0.2, 0.25) is 0 Å². The number of anilines is 2. The highest BCUT2D eigenvalue weighted by Gasteiger charge is 2.10. The van der Waals surface area contributed by atoms with Crippen LogP contribution in [0.25, 0.3) is 0 Å². The minimum absolute atomic E-state index is 0.190. The van der Waals surface area contributed by atoms with Crippen molar-refractivity contribution in [3.8, 4) is 0 Å². The summed E-state index contributed by atoms with van der Waals surface area (Å²) in [6.45, 7) is 3.82. The van der Waals surface area contributed by atoms with Gasteiger partial charge in [0.25, 0.3) is 0 Å². The van der Waals surface area contributed by atoms with Crippen molar-refractivity contribution >= 4 is 11.8 Å². The number of halogens is 1. The molecule has 0 radical (unpaired) electrons. The second-order valence-electron chi connectivity index (χ2n) is 4.36. The summed E-state index contributed by atoms with van der Waals surface area (Å²) in [6, 6.07) is 0. The van der Waals surface area contributed by atoms with E-state index in [-0.39, 0.29) is 11.8 Å². The Morgan fingerprint density at radius 1 is 1.33 bits per heavy atom. The van der Waals surface area contributed by atoms with Crippen LogP contribution >= 0.6 is 0 Å². The molecule has 6 nitrogen and oxygen atoms in total. The first kappa shape index (κ1) is 13.0. The average Bonchev–Trinajstić information content (AvgIpc) is 2.42. The number of rotatable bonds is 5. The zero-order valence-corrected chi connectivity index (χ0v) is 10.3. The summed E-state index contributed by atoms with van der Waals surface area (Å²) in [7, 11) is 0. The molecule has 0 aliphatic carbocycles. The summed E-state index contributed by atoms with van der Waals surface area (Å²) in [6.07, 6.45) is 4.92. The van der Waals surface area contributed by atoms with E-state index in [1.54, 1.807) is 0 Å². The first-order valence-corrected chi connectivity index (χ1v) is 6.25. The third-order valence-electron chi connectivity index (χ3n) is 3.04. The van der Waals surface area contributed by atoms with Crippen molar-refractivity contribution in [1.29, 1.82) is 0 Å². The molecule has 0 amide bonds. The summed E-state index contributed by atoms with van der Waals surface area (Å²) in [5, 5.41) is 2.97. The molecule has 0 aromatic carbocycles. The molecule has 0 spiro atoms. The molecule has 1 aromatic heterocycles. The van der Waals surface area contributed by atoms with Gasteiger partial charge in [-0.1, -0.05) is 6.42 Å². The molecule has 7 heteroatoms. The van der Waals surface area contributed by atoms with E-state index in [0.29, 0.717) is 6.54 Å². The number of nitrogens with zero attached hydrogens (tertiary/aromatic N) is 3. The molecule has 0 unspecified atom stereocenters. The zero-order valence-electron chi connectivity index (χ0n) is 10.3. The topological polar surface area (TPSA) is 79.1 Å². The van der Waals surface area contributed by atoms with Crippen molar-refractivity contribution in [2.45, 2.75) is 19.3 Å². The minimum atomic E-state index is -0.465. The fourth-order valence-electron chi connectivity index (χ4n) is 2.08. The summed E-state index contributed by atoms with van der Waals surface area (Å²) < 4.78 is 13.4. The molecule has 100 valence electrons. The quantitative estimate of drug-likeness (QED) is 0.533. The van der Waals surface area contributed by atoms with E-state index in [1.165, 1.54) is 19.3 Å². The van der Waals surface area contributed by atoms with Crippen LogP contribution in [-0.2, 0) is 0 Å². The molecule has 1 aromatic rings. The van der Waals surface area contributed by atoms with E-state index in [9.17, 15) is 4.39 Å². The first-order valence-electron chi connectivity index (χ1n) is 6.25. The smallest absolute Gasteiger partial charge is 0.239 e. The number of hydrazine groups is 1. The van der Waals surface area contributed by atoms with Crippen molar-refractivity contribution in [3.05, 3.63) is 12.0 Å². The monoisotopic (exact) mass is 254 g/mol. The maximum atomic E-state index is 13.4. The van der Waals surface area contributed by atoms with Crippen molar-refractivity contribution < 1.29 is 4.39 Å². The Bertz CT molecular complexity index is 380. The van der Waals surface area contributed by atoms with Crippen LogP contribution in [0.4, 0.5) is 16.2 Å². The molecule has 1 saturated heterocycles. The summed E-state index contributed by atoms with van der Waals surface area (Å²) >= 11 is 0. The Kier molecular flexibility index (Phi) is 4.66. The Labute approximate surface area is 106 Å². The van der Waals surface area contributed by atoms with Crippen LogP contribution in [0.15, 0.2) is 6.20 Å². The molecular weight excluding hydrogens is 235 g/mol. The minimum Gasteiger partial charge on any atom is -0.366 e. The average molecular weight is 254 g/mol. The van der Waals surface area contributed by atoms with Gasteiger partial charge in [0, 0.05) is 13.1 Å².